The van der Waals surface area contributed by atoms with Gasteiger partial charge >= 0.3 is 0 Å². The molecule has 3 heterocycles. The van der Waals surface area contributed by atoms with Gasteiger partial charge in [-0.2, -0.15) is 0 Å². The van der Waals surface area contributed by atoms with E-state index in [1.807, 2.05) is 24.5 Å². The monoisotopic (exact) mass is 367 g/mol. The topological polar surface area (TPSA) is 31.4 Å². The summed E-state index contributed by atoms with van der Waals surface area (Å²) in [6.45, 7) is 1.53. The van der Waals surface area contributed by atoms with Crippen LogP contribution >= 0.6 is 27.3 Å². The van der Waals surface area contributed by atoms with Gasteiger partial charge in [0.15, 0.2) is 6.29 Å². The van der Waals surface area contributed by atoms with Crippen molar-refractivity contribution in [1.82, 2.24) is 4.98 Å². The summed E-state index contributed by atoms with van der Waals surface area (Å²) in [6.07, 6.45) is 7.94. The summed E-state index contributed by atoms with van der Waals surface area (Å²) in [5.74, 6) is 0. The Hall–Kier alpha value is -0.750. The van der Waals surface area contributed by atoms with Crippen LogP contribution in [0.3, 0.4) is 0 Å². The number of nitrogens with zero attached hydrogens (tertiary/aromatic N) is 1. The highest BCUT2D eigenvalue weighted by molar-refractivity contribution is 9.11. The van der Waals surface area contributed by atoms with Gasteiger partial charge < -0.3 is 9.47 Å². The molecule has 3 rings (SSSR count). The molecule has 5 heteroatoms. The summed E-state index contributed by atoms with van der Waals surface area (Å²) in [5, 5.41) is 0. The van der Waals surface area contributed by atoms with Gasteiger partial charge in [0.1, 0.15) is 0 Å². The van der Waals surface area contributed by atoms with Crippen molar-refractivity contribution in [2.75, 3.05) is 13.2 Å². The fourth-order valence-corrected chi connectivity index (χ4v) is 4.18. The maximum absolute atomic E-state index is 5.84. The van der Waals surface area contributed by atoms with Gasteiger partial charge in [-0.25, -0.2) is 0 Å². The van der Waals surface area contributed by atoms with E-state index >= 15 is 0 Å². The van der Waals surface area contributed by atoms with Gasteiger partial charge in [0.2, 0.25) is 0 Å². The molecule has 1 atom stereocenters. The van der Waals surface area contributed by atoms with Crippen molar-refractivity contribution < 1.29 is 9.47 Å². The van der Waals surface area contributed by atoms with Gasteiger partial charge in [0.25, 0.3) is 0 Å². The molecule has 2 aromatic heterocycles. The fourth-order valence-electron chi connectivity index (χ4n) is 2.47. The van der Waals surface area contributed by atoms with Gasteiger partial charge in [-0.15, -0.1) is 11.3 Å². The number of aromatic nitrogens is 1. The predicted molar refractivity (Wildman–Crippen MR) is 88.5 cm³/mol. The molecular weight excluding hydrogens is 350 g/mol. The van der Waals surface area contributed by atoms with Gasteiger partial charge in [-0.05, 0) is 70.9 Å². The molecule has 0 N–H and O–H groups in total. The summed E-state index contributed by atoms with van der Waals surface area (Å²) in [4.78, 5) is 5.37. The second-order valence-electron chi connectivity index (χ2n) is 5.06. The third-order valence-electron chi connectivity index (χ3n) is 3.53. The van der Waals surface area contributed by atoms with Crippen LogP contribution in [-0.4, -0.2) is 24.5 Å². The average Bonchev–Trinajstić information content (AvgIpc) is 2.90. The van der Waals surface area contributed by atoms with Crippen molar-refractivity contribution in [2.24, 2.45) is 0 Å². The van der Waals surface area contributed by atoms with Crippen molar-refractivity contribution in [2.45, 2.75) is 32.0 Å². The molecule has 0 bridgehead atoms. The molecule has 21 heavy (non-hydrogen) atoms. The molecule has 0 amide bonds. The average molecular weight is 368 g/mol. The number of rotatable bonds is 5. The fraction of sp³-hybridized carbons (Fsp3) is 0.438. The SMILES string of the molecule is Brc1cc(CCOC2CCCCO2)c(-c2ccncc2)s1. The molecule has 1 fully saturated rings. The molecule has 0 saturated carbocycles. The van der Waals surface area contributed by atoms with Crippen LogP contribution in [0.5, 0.6) is 0 Å². The van der Waals surface area contributed by atoms with Gasteiger partial charge in [-0.3, -0.25) is 4.98 Å². The smallest absolute Gasteiger partial charge is 0.157 e. The Morgan fingerprint density at radius 1 is 1.33 bits per heavy atom. The molecule has 1 unspecified atom stereocenters. The van der Waals surface area contributed by atoms with E-state index in [1.54, 1.807) is 11.3 Å². The summed E-state index contributed by atoms with van der Waals surface area (Å²) in [5.41, 5.74) is 2.53. The zero-order valence-corrected chi connectivity index (χ0v) is 14.2. The van der Waals surface area contributed by atoms with E-state index in [0.717, 1.165) is 29.7 Å². The van der Waals surface area contributed by atoms with E-state index in [1.165, 1.54) is 22.4 Å². The van der Waals surface area contributed by atoms with Gasteiger partial charge in [0.05, 0.1) is 10.4 Å². The number of pyridine rings is 1. The Morgan fingerprint density at radius 3 is 2.95 bits per heavy atom. The Bertz CT molecular complexity index is 567. The molecule has 1 aliphatic heterocycles. The number of hydrogen-bond donors (Lipinski definition) is 0. The Balaban J connectivity index is 1.62. The molecular formula is C16H18BrNO2S. The van der Waals surface area contributed by atoms with E-state index in [-0.39, 0.29) is 6.29 Å². The molecule has 2 aromatic rings. The first kappa shape index (κ1) is 15.2. The molecule has 0 radical (unpaired) electrons. The molecule has 0 aromatic carbocycles. The molecule has 0 aliphatic carbocycles. The van der Waals surface area contributed by atoms with Crippen molar-refractivity contribution >= 4 is 27.3 Å². The van der Waals surface area contributed by atoms with E-state index in [4.69, 9.17) is 9.47 Å². The summed E-state index contributed by atoms with van der Waals surface area (Å²) in [6, 6.07) is 6.28. The number of hydrogen-bond acceptors (Lipinski definition) is 4. The summed E-state index contributed by atoms with van der Waals surface area (Å²) >= 11 is 5.34. The molecule has 1 aliphatic rings. The van der Waals surface area contributed by atoms with E-state index in [0.29, 0.717) is 6.61 Å². The first-order valence-electron chi connectivity index (χ1n) is 7.25. The first-order valence-corrected chi connectivity index (χ1v) is 8.86. The predicted octanol–water partition coefficient (Wildman–Crippen LogP) is 4.66. The lowest BCUT2D eigenvalue weighted by Gasteiger charge is -2.22. The van der Waals surface area contributed by atoms with E-state index in [2.05, 4.69) is 27.0 Å². The normalized spacial score (nSPS) is 18.8. The number of ether oxygens (including phenoxy) is 2. The minimum Gasteiger partial charge on any atom is -0.353 e. The third kappa shape index (κ3) is 4.13. The third-order valence-corrected chi connectivity index (χ3v) is 5.26. The van der Waals surface area contributed by atoms with Crippen molar-refractivity contribution in [1.29, 1.82) is 0 Å². The summed E-state index contributed by atoms with van der Waals surface area (Å²) in [7, 11) is 0. The van der Waals surface area contributed by atoms with E-state index in [9.17, 15) is 0 Å². The quantitative estimate of drug-likeness (QED) is 0.769. The molecule has 1 saturated heterocycles. The van der Waals surface area contributed by atoms with Crippen LogP contribution in [0.25, 0.3) is 10.4 Å². The van der Waals surface area contributed by atoms with Crippen LogP contribution < -0.4 is 0 Å². The lowest BCUT2D eigenvalue weighted by Crippen LogP contribution is -2.23. The van der Waals surface area contributed by atoms with Crippen LogP contribution in [0.15, 0.2) is 34.4 Å². The standard InChI is InChI=1S/C16H18BrNO2S/c17-14-11-13(6-10-20-15-3-1-2-9-19-15)16(21-14)12-4-7-18-8-5-12/h4-5,7-8,11,15H,1-3,6,9-10H2. The molecule has 3 nitrogen and oxygen atoms in total. The van der Waals surface area contributed by atoms with E-state index < -0.39 is 0 Å². The summed E-state index contributed by atoms with van der Waals surface area (Å²) < 4.78 is 12.6. The first-order chi connectivity index (χ1) is 10.3. The minimum absolute atomic E-state index is 0.00907. The minimum atomic E-state index is -0.00907. The largest absolute Gasteiger partial charge is 0.353 e. The molecule has 0 spiro atoms. The van der Waals surface area contributed by atoms with Crippen LogP contribution in [0.4, 0.5) is 0 Å². The Labute approximate surface area is 137 Å². The van der Waals surface area contributed by atoms with Crippen molar-refractivity contribution in [3.63, 3.8) is 0 Å². The van der Waals surface area contributed by atoms with Gasteiger partial charge in [0, 0.05) is 23.9 Å². The zero-order valence-electron chi connectivity index (χ0n) is 11.8. The van der Waals surface area contributed by atoms with Crippen LogP contribution in [0.1, 0.15) is 24.8 Å². The molecule has 112 valence electrons. The number of halogens is 1. The maximum Gasteiger partial charge on any atom is 0.157 e. The Morgan fingerprint density at radius 2 is 2.19 bits per heavy atom. The Kier molecular flexibility index (Phi) is 5.41. The highest BCUT2D eigenvalue weighted by atomic mass is 79.9. The van der Waals surface area contributed by atoms with Crippen LogP contribution in [0.2, 0.25) is 0 Å². The van der Waals surface area contributed by atoms with Gasteiger partial charge in [-0.1, -0.05) is 0 Å². The second-order valence-corrected chi connectivity index (χ2v) is 7.49. The van der Waals surface area contributed by atoms with Crippen molar-refractivity contribution in [3.05, 3.63) is 39.9 Å². The van der Waals surface area contributed by atoms with Crippen molar-refractivity contribution in [3.8, 4) is 10.4 Å². The zero-order chi connectivity index (χ0) is 14.5. The lowest BCUT2D eigenvalue weighted by atomic mass is 10.1. The highest BCUT2D eigenvalue weighted by Gasteiger charge is 2.15. The maximum atomic E-state index is 5.84. The van der Waals surface area contributed by atoms with Crippen LogP contribution in [-0.2, 0) is 15.9 Å². The lowest BCUT2D eigenvalue weighted by molar-refractivity contribution is -0.161. The highest BCUT2D eigenvalue weighted by Crippen LogP contribution is 2.35. The number of thiophene rings is 1. The second kappa shape index (κ2) is 7.49. The van der Waals surface area contributed by atoms with Crippen LogP contribution in [0, 0.1) is 0 Å².